The van der Waals surface area contributed by atoms with Crippen molar-refractivity contribution in [2.45, 2.75) is 31.7 Å². The fourth-order valence-electron chi connectivity index (χ4n) is 2.80. The molecule has 3 rings (SSSR count). The fourth-order valence-corrected chi connectivity index (χ4v) is 2.80. The van der Waals surface area contributed by atoms with Gasteiger partial charge in [0.2, 0.25) is 11.8 Å². The maximum Gasteiger partial charge on any atom is 0.228 e. The SMILES string of the molecule is C[C@H](Cc1ccco1)NC(=O)[C@H]1CC(=O)Nc2cc(F)ccc21. The van der Waals surface area contributed by atoms with Crippen molar-refractivity contribution >= 4 is 17.5 Å². The van der Waals surface area contributed by atoms with Gasteiger partial charge in [-0.2, -0.15) is 0 Å². The van der Waals surface area contributed by atoms with Gasteiger partial charge in [0.15, 0.2) is 0 Å². The van der Waals surface area contributed by atoms with E-state index in [0.717, 1.165) is 5.76 Å². The van der Waals surface area contributed by atoms with Crippen molar-refractivity contribution in [3.05, 3.63) is 53.7 Å². The Kier molecular flexibility index (Phi) is 4.14. The van der Waals surface area contributed by atoms with Crippen molar-refractivity contribution in [1.29, 1.82) is 0 Å². The van der Waals surface area contributed by atoms with Crippen molar-refractivity contribution in [1.82, 2.24) is 5.32 Å². The third-order valence-corrected chi connectivity index (χ3v) is 3.85. The summed E-state index contributed by atoms with van der Waals surface area (Å²) in [7, 11) is 0. The van der Waals surface area contributed by atoms with E-state index in [2.05, 4.69) is 10.6 Å². The predicted octanol–water partition coefficient (Wildman–Crippen LogP) is 2.59. The summed E-state index contributed by atoms with van der Waals surface area (Å²) < 4.78 is 18.6. The number of fused-ring (bicyclic) bond motifs is 1. The lowest BCUT2D eigenvalue weighted by Gasteiger charge is -2.26. The second-order valence-corrected chi connectivity index (χ2v) is 5.73. The first-order valence-electron chi connectivity index (χ1n) is 7.45. The lowest BCUT2D eigenvalue weighted by atomic mass is 9.89. The first kappa shape index (κ1) is 15.3. The molecule has 23 heavy (non-hydrogen) atoms. The van der Waals surface area contributed by atoms with Gasteiger partial charge in [0, 0.05) is 24.6 Å². The van der Waals surface area contributed by atoms with E-state index >= 15 is 0 Å². The van der Waals surface area contributed by atoms with Crippen LogP contribution in [0.2, 0.25) is 0 Å². The zero-order valence-electron chi connectivity index (χ0n) is 12.6. The molecule has 1 aromatic heterocycles. The van der Waals surface area contributed by atoms with Crippen LogP contribution in [0.5, 0.6) is 0 Å². The standard InChI is InChI=1S/C17H17FN2O3/c1-10(7-12-3-2-6-23-12)19-17(22)14-9-16(21)20-15-8-11(18)4-5-13(14)15/h2-6,8,10,14H,7,9H2,1H3,(H,19,22)(H,20,21)/t10-,14+/m1/s1. The summed E-state index contributed by atoms with van der Waals surface area (Å²) in [5, 5.41) is 5.49. The number of rotatable bonds is 4. The highest BCUT2D eigenvalue weighted by molar-refractivity contribution is 6.01. The summed E-state index contributed by atoms with van der Waals surface area (Å²) in [5.74, 6) is -0.815. The Labute approximate surface area is 132 Å². The summed E-state index contributed by atoms with van der Waals surface area (Å²) >= 11 is 0. The summed E-state index contributed by atoms with van der Waals surface area (Å²) in [4.78, 5) is 24.3. The number of anilines is 1. The number of nitrogens with one attached hydrogen (secondary N) is 2. The van der Waals surface area contributed by atoms with Gasteiger partial charge in [-0.3, -0.25) is 9.59 Å². The molecular formula is C17H17FN2O3. The van der Waals surface area contributed by atoms with Crippen LogP contribution in [0.15, 0.2) is 41.0 Å². The van der Waals surface area contributed by atoms with E-state index in [4.69, 9.17) is 4.42 Å². The van der Waals surface area contributed by atoms with Crippen LogP contribution >= 0.6 is 0 Å². The van der Waals surface area contributed by atoms with Crippen molar-refractivity contribution in [2.75, 3.05) is 5.32 Å². The van der Waals surface area contributed by atoms with E-state index in [1.165, 1.54) is 12.1 Å². The highest BCUT2D eigenvalue weighted by atomic mass is 19.1. The molecule has 2 heterocycles. The number of halogens is 1. The molecule has 2 amide bonds. The Hall–Kier alpha value is -2.63. The van der Waals surface area contributed by atoms with Crippen LogP contribution in [0.25, 0.3) is 0 Å². The molecule has 5 nitrogen and oxygen atoms in total. The van der Waals surface area contributed by atoms with Crippen LogP contribution in [-0.4, -0.2) is 17.9 Å². The van der Waals surface area contributed by atoms with Gasteiger partial charge in [-0.25, -0.2) is 4.39 Å². The molecule has 0 radical (unpaired) electrons. The van der Waals surface area contributed by atoms with Crippen LogP contribution in [0.3, 0.4) is 0 Å². The maximum atomic E-state index is 13.3. The smallest absolute Gasteiger partial charge is 0.228 e. The number of furan rings is 1. The molecule has 2 atom stereocenters. The molecule has 0 saturated heterocycles. The third-order valence-electron chi connectivity index (χ3n) is 3.85. The molecule has 0 spiro atoms. The lowest BCUT2D eigenvalue weighted by molar-refractivity contribution is -0.126. The van der Waals surface area contributed by atoms with Gasteiger partial charge in [0.05, 0.1) is 12.2 Å². The topological polar surface area (TPSA) is 71.3 Å². The summed E-state index contributed by atoms with van der Waals surface area (Å²) in [6.45, 7) is 1.87. The Balaban J connectivity index is 1.73. The fraction of sp³-hybridized carbons (Fsp3) is 0.294. The molecule has 2 aromatic rings. The van der Waals surface area contributed by atoms with Crippen molar-refractivity contribution in [2.24, 2.45) is 0 Å². The zero-order chi connectivity index (χ0) is 16.4. The molecule has 2 N–H and O–H groups in total. The van der Waals surface area contributed by atoms with Crippen LogP contribution in [-0.2, 0) is 16.0 Å². The van der Waals surface area contributed by atoms with E-state index in [-0.39, 0.29) is 24.3 Å². The average Bonchev–Trinajstić information content (AvgIpc) is 2.98. The van der Waals surface area contributed by atoms with Crippen LogP contribution in [0, 0.1) is 5.82 Å². The molecule has 6 heteroatoms. The number of carbonyl (C=O) groups is 2. The molecule has 1 aliphatic rings. The molecule has 1 aliphatic heterocycles. The molecule has 0 unspecified atom stereocenters. The Morgan fingerprint density at radius 3 is 3.04 bits per heavy atom. The lowest BCUT2D eigenvalue weighted by Crippen LogP contribution is -2.40. The monoisotopic (exact) mass is 316 g/mol. The van der Waals surface area contributed by atoms with Crippen LogP contribution in [0.1, 0.15) is 30.6 Å². The van der Waals surface area contributed by atoms with Crippen LogP contribution < -0.4 is 10.6 Å². The highest BCUT2D eigenvalue weighted by Crippen LogP contribution is 2.32. The Bertz CT molecular complexity index is 727. The van der Waals surface area contributed by atoms with E-state index in [0.29, 0.717) is 17.7 Å². The highest BCUT2D eigenvalue weighted by Gasteiger charge is 2.31. The van der Waals surface area contributed by atoms with Gasteiger partial charge in [-0.15, -0.1) is 0 Å². The Morgan fingerprint density at radius 1 is 1.48 bits per heavy atom. The molecule has 120 valence electrons. The average molecular weight is 316 g/mol. The van der Waals surface area contributed by atoms with Gasteiger partial charge in [-0.05, 0) is 36.8 Å². The summed E-state index contributed by atoms with van der Waals surface area (Å²) in [6.07, 6.45) is 2.20. The second-order valence-electron chi connectivity index (χ2n) is 5.73. The second kappa shape index (κ2) is 6.24. The molecular weight excluding hydrogens is 299 g/mol. The number of amides is 2. The van der Waals surface area contributed by atoms with Crippen molar-refractivity contribution in [3.63, 3.8) is 0 Å². The molecule has 0 bridgehead atoms. The van der Waals surface area contributed by atoms with E-state index < -0.39 is 11.7 Å². The normalized spacial score (nSPS) is 18.0. The number of hydrogen-bond donors (Lipinski definition) is 2. The van der Waals surface area contributed by atoms with E-state index in [1.54, 1.807) is 18.4 Å². The van der Waals surface area contributed by atoms with Gasteiger partial charge in [-0.1, -0.05) is 6.07 Å². The minimum atomic E-state index is -0.613. The van der Waals surface area contributed by atoms with E-state index in [1.807, 2.05) is 13.0 Å². The number of benzene rings is 1. The summed E-state index contributed by atoms with van der Waals surface area (Å²) in [5.41, 5.74) is 0.994. The Morgan fingerprint density at radius 2 is 2.30 bits per heavy atom. The summed E-state index contributed by atoms with van der Waals surface area (Å²) in [6, 6.07) is 7.57. The van der Waals surface area contributed by atoms with Gasteiger partial charge >= 0.3 is 0 Å². The predicted molar refractivity (Wildman–Crippen MR) is 82.4 cm³/mol. The van der Waals surface area contributed by atoms with Gasteiger partial charge in [0.25, 0.3) is 0 Å². The van der Waals surface area contributed by atoms with Gasteiger partial charge < -0.3 is 15.1 Å². The first-order chi connectivity index (χ1) is 11.0. The zero-order valence-corrected chi connectivity index (χ0v) is 12.6. The molecule has 0 aliphatic carbocycles. The van der Waals surface area contributed by atoms with E-state index in [9.17, 15) is 14.0 Å². The first-order valence-corrected chi connectivity index (χ1v) is 7.45. The minimum absolute atomic E-state index is 0.0535. The minimum Gasteiger partial charge on any atom is -0.469 e. The van der Waals surface area contributed by atoms with Crippen molar-refractivity contribution in [3.8, 4) is 0 Å². The molecule has 0 fully saturated rings. The number of hydrogen-bond acceptors (Lipinski definition) is 3. The van der Waals surface area contributed by atoms with Gasteiger partial charge in [0.1, 0.15) is 11.6 Å². The van der Waals surface area contributed by atoms with Crippen LogP contribution in [0.4, 0.5) is 10.1 Å². The number of carbonyl (C=O) groups excluding carboxylic acids is 2. The molecule has 0 saturated carbocycles. The quantitative estimate of drug-likeness (QED) is 0.911. The molecule has 1 aromatic carbocycles. The van der Waals surface area contributed by atoms with Crippen molar-refractivity contribution < 1.29 is 18.4 Å². The largest absolute Gasteiger partial charge is 0.469 e. The maximum absolute atomic E-state index is 13.3. The third kappa shape index (κ3) is 3.41.